The number of thiophene rings is 1. The summed E-state index contributed by atoms with van der Waals surface area (Å²) in [4.78, 5) is 24.8. The van der Waals surface area contributed by atoms with Crippen LogP contribution in [0.25, 0.3) is 0 Å². The maximum atomic E-state index is 13.1. The molecule has 8 nitrogen and oxygen atoms in total. The van der Waals surface area contributed by atoms with Crippen molar-refractivity contribution in [3.8, 4) is 17.6 Å². The van der Waals surface area contributed by atoms with Crippen LogP contribution in [-0.4, -0.2) is 37.1 Å². The number of nitrogen functional groups attached to an aromatic ring is 1. The van der Waals surface area contributed by atoms with Gasteiger partial charge in [-0.2, -0.15) is 5.26 Å². The predicted octanol–water partition coefficient (Wildman–Crippen LogP) is 3.36. The third-order valence-electron chi connectivity index (χ3n) is 4.23. The SMILES string of the molecule is COc1ccc(C(=O)c2sc(NC(CC(C)C)C(=O)O)c(C#N)c2N)c(OC)c1. The molecule has 0 fully saturated rings. The van der Waals surface area contributed by atoms with Crippen molar-refractivity contribution in [2.45, 2.75) is 26.3 Å². The summed E-state index contributed by atoms with van der Waals surface area (Å²) in [5.74, 6) is -0.517. The Bertz CT molecular complexity index is 962. The van der Waals surface area contributed by atoms with Crippen molar-refractivity contribution in [2.75, 3.05) is 25.3 Å². The smallest absolute Gasteiger partial charge is 0.326 e. The van der Waals surface area contributed by atoms with Crippen LogP contribution in [0.2, 0.25) is 0 Å². The number of carboxylic acids is 1. The number of carboxylic acid groups (broad SMARTS) is 1. The number of ketones is 1. The second kappa shape index (κ2) is 9.30. The first kappa shape index (κ1) is 22.0. The molecule has 1 heterocycles. The first-order valence-electron chi connectivity index (χ1n) is 8.81. The Labute approximate surface area is 172 Å². The number of aliphatic carboxylic acids is 1. The fraction of sp³-hybridized carbons (Fsp3) is 0.350. The van der Waals surface area contributed by atoms with Gasteiger partial charge in [0.15, 0.2) is 0 Å². The normalized spacial score (nSPS) is 11.6. The molecule has 2 aromatic rings. The van der Waals surface area contributed by atoms with Crippen molar-refractivity contribution >= 4 is 33.8 Å². The molecule has 0 saturated heterocycles. The minimum atomic E-state index is -1.04. The van der Waals surface area contributed by atoms with E-state index in [9.17, 15) is 20.0 Å². The molecule has 154 valence electrons. The number of hydrogen-bond acceptors (Lipinski definition) is 8. The Morgan fingerprint density at radius 3 is 2.52 bits per heavy atom. The van der Waals surface area contributed by atoms with Crippen LogP contribution in [0, 0.1) is 17.2 Å². The van der Waals surface area contributed by atoms with Crippen molar-refractivity contribution in [1.29, 1.82) is 5.26 Å². The van der Waals surface area contributed by atoms with Crippen LogP contribution in [-0.2, 0) is 4.79 Å². The molecule has 1 atom stereocenters. The van der Waals surface area contributed by atoms with Crippen LogP contribution < -0.4 is 20.5 Å². The molecule has 29 heavy (non-hydrogen) atoms. The Balaban J connectivity index is 2.47. The van der Waals surface area contributed by atoms with Gasteiger partial charge in [0.25, 0.3) is 0 Å². The molecule has 0 aliphatic rings. The number of benzene rings is 1. The molecule has 0 aliphatic heterocycles. The van der Waals surface area contributed by atoms with E-state index in [0.717, 1.165) is 11.3 Å². The molecule has 1 aromatic carbocycles. The van der Waals surface area contributed by atoms with Crippen molar-refractivity contribution in [3.63, 3.8) is 0 Å². The Morgan fingerprint density at radius 2 is 2.00 bits per heavy atom. The summed E-state index contributed by atoms with van der Waals surface area (Å²) in [5.41, 5.74) is 6.39. The van der Waals surface area contributed by atoms with Crippen LogP contribution in [0.15, 0.2) is 18.2 Å². The Morgan fingerprint density at radius 1 is 1.31 bits per heavy atom. The minimum absolute atomic E-state index is 0.0107. The quantitative estimate of drug-likeness (QED) is 0.529. The van der Waals surface area contributed by atoms with Gasteiger partial charge in [-0.3, -0.25) is 4.79 Å². The second-order valence-corrected chi connectivity index (χ2v) is 7.74. The highest BCUT2D eigenvalue weighted by Crippen LogP contribution is 2.39. The fourth-order valence-electron chi connectivity index (χ4n) is 2.78. The number of nitrogens with two attached hydrogens (primary N) is 1. The molecule has 0 saturated carbocycles. The van der Waals surface area contributed by atoms with E-state index in [1.54, 1.807) is 18.2 Å². The lowest BCUT2D eigenvalue weighted by molar-refractivity contribution is -0.138. The lowest BCUT2D eigenvalue weighted by Gasteiger charge is -2.16. The van der Waals surface area contributed by atoms with Gasteiger partial charge in [-0.25, -0.2) is 4.79 Å². The van der Waals surface area contributed by atoms with Gasteiger partial charge < -0.3 is 25.6 Å². The van der Waals surface area contributed by atoms with Gasteiger partial charge in [0.2, 0.25) is 5.78 Å². The van der Waals surface area contributed by atoms with Crippen molar-refractivity contribution in [3.05, 3.63) is 34.2 Å². The van der Waals surface area contributed by atoms with Gasteiger partial charge >= 0.3 is 5.97 Å². The summed E-state index contributed by atoms with van der Waals surface area (Å²) in [5, 5.41) is 22.1. The summed E-state index contributed by atoms with van der Waals surface area (Å²) in [6, 6.07) is 5.80. The highest BCUT2D eigenvalue weighted by atomic mass is 32.1. The lowest BCUT2D eigenvalue weighted by Crippen LogP contribution is -2.30. The third kappa shape index (κ3) is 4.78. The minimum Gasteiger partial charge on any atom is -0.497 e. The molecule has 0 bridgehead atoms. The number of methoxy groups -OCH3 is 2. The number of nitrogens with zero attached hydrogens (tertiary/aromatic N) is 1. The molecule has 0 amide bonds. The average molecular weight is 417 g/mol. The standard InChI is InChI=1S/C20H23N3O5S/c1-10(2)7-14(20(25)26)23-19-13(9-21)16(22)18(29-19)17(24)12-6-5-11(27-3)8-15(12)28-4/h5-6,8,10,14,23H,7,22H2,1-4H3,(H,25,26). The number of nitriles is 1. The monoisotopic (exact) mass is 417 g/mol. The van der Waals surface area contributed by atoms with E-state index >= 15 is 0 Å². The number of hydrogen-bond donors (Lipinski definition) is 3. The number of carbonyl (C=O) groups is 2. The topological polar surface area (TPSA) is 135 Å². The summed E-state index contributed by atoms with van der Waals surface area (Å²) in [6.07, 6.45) is 0.355. The number of anilines is 2. The first-order chi connectivity index (χ1) is 13.7. The van der Waals surface area contributed by atoms with E-state index in [-0.39, 0.29) is 32.6 Å². The molecular weight excluding hydrogens is 394 g/mol. The van der Waals surface area contributed by atoms with E-state index in [2.05, 4.69) is 5.32 Å². The molecule has 2 rings (SSSR count). The lowest BCUT2D eigenvalue weighted by atomic mass is 10.0. The molecule has 4 N–H and O–H groups in total. The summed E-state index contributed by atoms with van der Waals surface area (Å²) in [6.45, 7) is 3.80. The van der Waals surface area contributed by atoms with Crippen LogP contribution in [0.3, 0.4) is 0 Å². The average Bonchev–Trinajstić information content (AvgIpc) is 3.00. The molecule has 0 aliphatic carbocycles. The van der Waals surface area contributed by atoms with Gasteiger partial charge in [0.1, 0.15) is 39.1 Å². The van der Waals surface area contributed by atoms with Crippen molar-refractivity contribution in [2.24, 2.45) is 5.92 Å². The van der Waals surface area contributed by atoms with E-state index in [1.807, 2.05) is 19.9 Å². The van der Waals surface area contributed by atoms with Gasteiger partial charge in [-0.15, -0.1) is 11.3 Å². The van der Waals surface area contributed by atoms with E-state index in [0.29, 0.717) is 17.9 Å². The molecule has 1 unspecified atom stereocenters. The molecule has 0 radical (unpaired) electrons. The largest absolute Gasteiger partial charge is 0.497 e. The first-order valence-corrected chi connectivity index (χ1v) is 9.63. The zero-order valence-electron chi connectivity index (χ0n) is 16.6. The summed E-state index contributed by atoms with van der Waals surface area (Å²) in [7, 11) is 2.93. The fourth-order valence-corrected chi connectivity index (χ4v) is 3.86. The number of ether oxygens (including phenoxy) is 2. The highest BCUT2D eigenvalue weighted by Gasteiger charge is 2.27. The zero-order chi connectivity index (χ0) is 21.7. The third-order valence-corrected chi connectivity index (χ3v) is 5.36. The van der Waals surface area contributed by atoms with Crippen LogP contribution in [0.4, 0.5) is 10.7 Å². The zero-order valence-corrected chi connectivity index (χ0v) is 17.4. The van der Waals surface area contributed by atoms with E-state index < -0.39 is 17.8 Å². The Hall–Kier alpha value is -3.25. The second-order valence-electron chi connectivity index (χ2n) is 6.72. The van der Waals surface area contributed by atoms with Gasteiger partial charge in [0.05, 0.1) is 25.5 Å². The maximum absolute atomic E-state index is 13.1. The van der Waals surface area contributed by atoms with Gasteiger partial charge in [-0.1, -0.05) is 13.8 Å². The summed E-state index contributed by atoms with van der Waals surface area (Å²) < 4.78 is 10.4. The van der Waals surface area contributed by atoms with E-state index in [4.69, 9.17) is 15.2 Å². The molecular formula is C20H23N3O5S. The van der Waals surface area contributed by atoms with Crippen LogP contribution in [0.5, 0.6) is 11.5 Å². The number of nitrogens with one attached hydrogen (secondary N) is 1. The van der Waals surface area contributed by atoms with Crippen molar-refractivity contribution < 1.29 is 24.2 Å². The molecule has 9 heteroatoms. The van der Waals surface area contributed by atoms with Gasteiger partial charge in [0, 0.05) is 6.07 Å². The summed E-state index contributed by atoms with van der Waals surface area (Å²) >= 11 is 0.957. The maximum Gasteiger partial charge on any atom is 0.326 e. The van der Waals surface area contributed by atoms with Crippen molar-refractivity contribution in [1.82, 2.24) is 0 Å². The number of carbonyl (C=O) groups excluding carboxylic acids is 1. The van der Waals surface area contributed by atoms with Gasteiger partial charge in [-0.05, 0) is 24.5 Å². The van der Waals surface area contributed by atoms with Crippen LogP contribution >= 0.6 is 11.3 Å². The molecule has 0 spiro atoms. The highest BCUT2D eigenvalue weighted by molar-refractivity contribution is 7.19. The van der Waals surface area contributed by atoms with Crippen LogP contribution in [0.1, 0.15) is 41.1 Å². The predicted molar refractivity (Wildman–Crippen MR) is 111 cm³/mol. The Kier molecular flexibility index (Phi) is 7.07. The molecule has 1 aromatic heterocycles. The van der Waals surface area contributed by atoms with E-state index in [1.165, 1.54) is 14.2 Å². The number of rotatable bonds is 9.